The highest BCUT2D eigenvalue weighted by atomic mass is 35.5. The lowest BCUT2D eigenvalue weighted by Crippen LogP contribution is -2.31. The molecule has 0 unspecified atom stereocenters. The zero-order valence-electron chi connectivity index (χ0n) is 15.8. The van der Waals surface area contributed by atoms with Crippen LogP contribution in [0.25, 0.3) is 5.57 Å². The standard InChI is InChI=1S/C23H15ClFNO3S/c1-29-19-12-11-16(13-18(19)24)26-22(27)20(14-7-9-15(25)10-8-14)21(23(26)28)30-17-5-3-2-4-6-17/h2-13H,1H3. The Labute approximate surface area is 181 Å². The lowest BCUT2D eigenvalue weighted by Gasteiger charge is -2.16. The van der Waals surface area contributed by atoms with E-state index in [0.717, 1.165) is 9.80 Å². The second-order valence-corrected chi connectivity index (χ2v) is 7.88. The lowest BCUT2D eigenvalue weighted by molar-refractivity contribution is -0.119. The van der Waals surface area contributed by atoms with Crippen molar-refractivity contribution in [2.75, 3.05) is 12.0 Å². The Morgan fingerprint density at radius 2 is 1.63 bits per heavy atom. The largest absolute Gasteiger partial charge is 0.495 e. The molecule has 30 heavy (non-hydrogen) atoms. The summed E-state index contributed by atoms with van der Waals surface area (Å²) < 4.78 is 18.6. The van der Waals surface area contributed by atoms with Crippen LogP contribution in [0.4, 0.5) is 10.1 Å². The van der Waals surface area contributed by atoms with Crippen molar-refractivity contribution in [3.63, 3.8) is 0 Å². The molecule has 1 aliphatic heterocycles. The molecule has 0 spiro atoms. The van der Waals surface area contributed by atoms with Crippen LogP contribution in [0.1, 0.15) is 5.56 Å². The molecule has 0 aromatic heterocycles. The molecule has 3 aromatic rings. The van der Waals surface area contributed by atoms with Crippen LogP contribution in [0.5, 0.6) is 5.75 Å². The Morgan fingerprint density at radius 3 is 2.27 bits per heavy atom. The lowest BCUT2D eigenvalue weighted by atomic mass is 10.1. The molecule has 0 fully saturated rings. The Balaban J connectivity index is 1.81. The minimum Gasteiger partial charge on any atom is -0.495 e. The number of methoxy groups -OCH3 is 1. The van der Waals surface area contributed by atoms with Crippen LogP contribution in [0, 0.1) is 5.82 Å². The van der Waals surface area contributed by atoms with Crippen molar-refractivity contribution < 1.29 is 18.7 Å². The summed E-state index contributed by atoms with van der Waals surface area (Å²) in [6.45, 7) is 0. The first-order valence-corrected chi connectivity index (χ1v) is 10.1. The first-order chi connectivity index (χ1) is 14.5. The number of anilines is 1. The van der Waals surface area contributed by atoms with Gasteiger partial charge in [-0.25, -0.2) is 9.29 Å². The van der Waals surface area contributed by atoms with Crippen molar-refractivity contribution in [1.29, 1.82) is 0 Å². The van der Waals surface area contributed by atoms with E-state index in [-0.39, 0.29) is 15.5 Å². The molecule has 0 saturated carbocycles. The summed E-state index contributed by atoms with van der Waals surface area (Å²) in [6, 6.07) is 19.5. The zero-order chi connectivity index (χ0) is 21.3. The molecule has 1 aliphatic rings. The van der Waals surface area contributed by atoms with E-state index >= 15 is 0 Å². The van der Waals surface area contributed by atoms with Crippen molar-refractivity contribution in [1.82, 2.24) is 0 Å². The monoisotopic (exact) mass is 439 g/mol. The Bertz CT molecular complexity index is 1160. The predicted octanol–water partition coefficient (Wildman–Crippen LogP) is 5.56. The molecule has 4 nitrogen and oxygen atoms in total. The molecule has 4 rings (SSSR count). The minimum absolute atomic E-state index is 0.223. The Hall–Kier alpha value is -3.09. The number of ether oxygens (including phenoxy) is 1. The van der Waals surface area contributed by atoms with Gasteiger partial charge in [0.1, 0.15) is 11.6 Å². The summed E-state index contributed by atoms with van der Waals surface area (Å²) in [5.41, 5.74) is 1.02. The van der Waals surface area contributed by atoms with Gasteiger partial charge in [-0.1, -0.05) is 53.7 Å². The van der Waals surface area contributed by atoms with E-state index in [0.29, 0.717) is 17.0 Å². The van der Waals surface area contributed by atoms with E-state index in [1.807, 2.05) is 30.3 Å². The number of carbonyl (C=O) groups excluding carboxylic acids is 2. The average molecular weight is 440 g/mol. The highest BCUT2D eigenvalue weighted by Crippen LogP contribution is 2.42. The Morgan fingerprint density at radius 1 is 0.933 bits per heavy atom. The first kappa shape index (κ1) is 20.2. The second-order valence-electron chi connectivity index (χ2n) is 6.39. The molecule has 0 aliphatic carbocycles. The van der Waals surface area contributed by atoms with Gasteiger partial charge in [0.15, 0.2) is 0 Å². The maximum absolute atomic E-state index is 13.4. The molecule has 1 heterocycles. The average Bonchev–Trinajstić information content (AvgIpc) is 2.99. The van der Waals surface area contributed by atoms with E-state index < -0.39 is 17.6 Å². The van der Waals surface area contributed by atoms with Gasteiger partial charge in [0.05, 0.1) is 28.3 Å². The maximum Gasteiger partial charge on any atom is 0.272 e. The third-order valence-electron chi connectivity index (χ3n) is 4.53. The van der Waals surface area contributed by atoms with E-state index in [9.17, 15) is 14.0 Å². The highest BCUT2D eigenvalue weighted by Gasteiger charge is 2.40. The number of nitrogens with zero attached hydrogens (tertiary/aromatic N) is 1. The van der Waals surface area contributed by atoms with E-state index in [2.05, 4.69) is 0 Å². The van der Waals surface area contributed by atoms with Crippen molar-refractivity contribution in [2.24, 2.45) is 0 Å². The van der Waals surface area contributed by atoms with E-state index in [4.69, 9.17) is 16.3 Å². The number of halogens is 2. The molecule has 0 atom stereocenters. The summed E-state index contributed by atoms with van der Waals surface area (Å²) in [4.78, 5) is 28.8. The number of hydrogen-bond acceptors (Lipinski definition) is 4. The molecule has 0 saturated heterocycles. The Kier molecular flexibility index (Phi) is 5.61. The fourth-order valence-electron chi connectivity index (χ4n) is 3.11. The zero-order valence-corrected chi connectivity index (χ0v) is 17.3. The van der Waals surface area contributed by atoms with Crippen LogP contribution in [-0.2, 0) is 9.59 Å². The van der Waals surface area contributed by atoms with Gasteiger partial charge in [0.25, 0.3) is 11.8 Å². The van der Waals surface area contributed by atoms with Crippen LogP contribution in [0.15, 0.2) is 82.6 Å². The predicted molar refractivity (Wildman–Crippen MR) is 116 cm³/mol. The number of amides is 2. The number of rotatable bonds is 5. The highest BCUT2D eigenvalue weighted by molar-refractivity contribution is 8.04. The molecule has 2 amide bonds. The van der Waals surface area contributed by atoms with Gasteiger partial charge in [-0.3, -0.25) is 9.59 Å². The van der Waals surface area contributed by atoms with Gasteiger partial charge in [-0.15, -0.1) is 0 Å². The van der Waals surface area contributed by atoms with Crippen molar-refractivity contribution in [3.8, 4) is 5.75 Å². The van der Waals surface area contributed by atoms with Crippen LogP contribution >= 0.6 is 23.4 Å². The molecule has 0 radical (unpaired) electrons. The summed E-state index contributed by atoms with van der Waals surface area (Å²) >= 11 is 7.40. The number of hydrogen-bond donors (Lipinski definition) is 0. The van der Waals surface area contributed by atoms with E-state index in [1.54, 1.807) is 12.1 Å². The van der Waals surface area contributed by atoms with Crippen LogP contribution in [0.3, 0.4) is 0 Å². The number of thioether (sulfide) groups is 1. The minimum atomic E-state index is -0.494. The molecular weight excluding hydrogens is 425 g/mol. The van der Waals surface area contributed by atoms with Crippen LogP contribution < -0.4 is 9.64 Å². The normalized spacial score (nSPS) is 13.9. The summed E-state index contributed by atoms with van der Waals surface area (Å²) in [7, 11) is 1.48. The molecule has 0 bridgehead atoms. The maximum atomic E-state index is 13.4. The number of carbonyl (C=O) groups is 2. The van der Waals surface area contributed by atoms with Gasteiger partial charge in [0, 0.05) is 4.90 Å². The molecule has 0 N–H and O–H groups in total. The van der Waals surface area contributed by atoms with E-state index in [1.165, 1.54) is 49.2 Å². The van der Waals surface area contributed by atoms with Crippen LogP contribution in [-0.4, -0.2) is 18.9 Å². The third-order valence-corrected chi connectivity index (χ3v) is 5.92. The molecule has 3 aromatic carbocycles. The van der Waals surface area contributed by atoms with Gasteiger partial charge < -0.3 is 4.74 Å². The molecule has 150 valence electrons. The van der Waals surface area contributed by atoms with Crippen molar-refractivity contribution in [2.45, 2.75) is 4.90 Å². The summed E-state index contributed by atoms with van der Waals surface area (Å²) in [6.07, 6.45) is 0. The second kappa shape index (κ2) is 8.34. The summed E-state index contributed by atoms with van der Waals surface area (Å²) in [5.74, 6) is -0.946. The first-order valence-electron chi connectivity index (χ1n) is 8.95. The van der Waals surface area contributed by atoms with Crippen molar-refractivity contribution in [3.05, 3.63) is 94.1 Å². The molecule has 7 heteroatoms. The van der Waals surface area contributed by atoms with Gasteiger partial charge in [-0.05, 0) is 48.0 Å². The fraction of sp³-hybridized carbons (Fsp3) is 0.0435. The van der Waals surface area contributed by atoms with Gasteiger partial charge in [0.2, 0.25) is 0 Å². The fourth-order valence-corrected chi connectivity index (χ4v) is 4.38. The molecular formula is C23H15ClFNO3S. The SMILES string of the molecule is COc1ccc(N2C(=O)C(Sc3ccccc3)=C(c3ccc(F)cc3)C2=O)cc1Cl. The number of imide groups is 1. The quantitative estimate of drug-likeness (QED) is 0.488. The van der Waals surface area contributed by atoms with Gasteiger partial charge >= 0.3 is 0 Å². The van der Waals surface area contributed by atoms with Crippen LogP contribution in [0.2, 0.25) is 5.02 Å². The third kappa shape index (κ3) is 3.72. The van der Waals surface area contributed by atoms with Gasteiger partial charge in [-0.2, -0.15) is 0 Å². The number of benzene rings is 3. The van der Waals surface area contributed by atoms with Crippen molar-refractivity contribution >= 4 is 46.4 Å². The summed E-state index contributed by atoms with van der Waals surface area (Å²) in [5, 5.41) is 0.281. The smallest absolute Gasteiger partial charge is 0.272 e. The topological polar surface area (TPSA) is 46.6 Å².